The van der Waals surface area contributed by atoms with Crippen molar-refractivity contribution in [3.8, 4) is 5.75 Å². The monoisotopic (exact) mass is 335 g/mol. The lowest BCUT2D eigenvalue weighted by Gasteiger charge is -2.36. The topological polar surface area (TPSA) is 78.7 Å². The van der Waals surface area contributed by atoms with E-state index in [1.54, 1.807) is 0 Å². The summed E-state index contributed by atoms with van der Waals surface area (Å²) in [4.78, 5) is 23.0. The molecule has 1 aromatic rings. The van der Waals surface area contributed by atoms with Crippen LogP contribution < -0.4 is 4.74 Å². The largest absolute Gasteiger partial charge is 0.490 e. The van der Waals surface area contributed by atoms with Gasteiger partial charge >= 0.3 is 11.7 Å². The molecule has 0 aliphatic heterocycles. The summed E-state index contributed by atoms with van der Waals surface area (Å²) in [7, 11) is 1.36. The maximum absolute atomic E-state index is 12.5. The van der Waals surface area contributed by atoms with Crippen molar-refractivity contribution in [2.24, 2.45) is 17.8 Å². The number of nitro benzene ring substituents is 1. The molecule has 0 unspecified atom stereocenters. The van der Waals surface area contributed by atoms with Gasteiger partial charge in [-0.1, -0.05) is 27.2 Å². The van der Waals surface area contributed by atoms with Crippen LogP contribution in [0.5, 0.6) is 5.75 Å². The van der Waals surface area contributed by atoms with Crippen molar-refractivity contribution in [3.63, 3.8) is 0 Å². The predicted octanol–water partition coefficient (Wildman–Crippen LogP) is 4.22. The summed E-state index contributed by atoms with van der Waals surface area (Å²) >= 11 is 0. The van der Waals surface area contributed by atoms with Crippen molar-refractivity contribution < 1.29 is 19.2 Å². The van der Waals surface area contributed by atoms with E-state index in [9.17, 15) is 14.9 Å². The summed E-state index contributed by atoms with van der Waals surface area (Å²) in [6.45, 7) is 6.44. The number of nitro groups is 1. The Kier molecular flexibility index (Phi) is 5.80. The number of rotatable bonds is 5. The van der Waals surface area contributed by atoms with Crippen LogP contribution in [0.25, 0.3) is 0 Å². The minimum Gasteiger partial charge on any atom is -0.490 e. The number of carbonyl (C=O) groups is 1. The van der Waals surface area contributed by atoms with Gasteiger partial charge < -0.3 is 9.47 Å². The molecule has 6 nitrogen and oxygen atoms in total. The van der Waals surface area contributed by atoms with Crippen molar-refractivity contribution >= 4 is 11.7 Å². The van der Waals surface area contributed by atoms with Crippen LogP contribution in [0.15, 0.2) is 18.2 Å². The Labute approximate surface area is 142 Å². The Morgan fingerprint density at radius 2 is 2.04 bits per heavy atom. The zero-order valence-corrected chi connectivity index (χ0v) is 14.7. The molecule has 0 bridgehead atoms. The van der Waals surface area contributed by atoms with E-state index in [-0.39, 0.29) is 23.1 Å². The third-order valence-electron chi connectivity index (χ3n) is 4.83. The number of ether oxygens (including phenoxy) is 2. The fourth-order valence-corrected chi connectivity index (χ4v) is 3.42. The molecule has 6 heteroatoms. The second-order valence-electron chi connectivity index (χ2n) is 6.91. The zero-order chi connectivity index (χ0) is 17.9. The van der Waals surface area contributed by atoms with Gasteiger partial charge in [0.05, 0.1) is 17.6 Å². The number of nitrogens with zero attached hydrogens (tertiary/aromatic N) is 1. The highest BCUT2D eigenvalue weighted by Gasteiger charge is 2.34. The Balaban J connectivity index is 2.19. The quantitative estimate of drug-likeness (QED) is 0.457. The van der Waals surface area contributed by atoms with Crippen LogP contribution in [0.1, 0.15) is 50.4 Å². The second kappa shape index (κ2) is 7.64. The van der Waals surface area contributed by atoms with Crippen LogP contribution in [0.4, 0.5) is 5.69 Å². The summed E-state index contributed by atoms with van der Waals surface area (Å²) in [5, 5.41) is 11.1. The van der Waals surface area contributed by atoms with E-state index in [1.165, 1.54) is 25.3 Å². The summed E-state index contributed by atoms with van der Waals surface area (Å²) in [6, 6.07) is 4.15. The number of benzene rings is 1. The smallest absolute Gasteiger partial charge is 0.338 e. The third-order valence-corrected chi connectivity index (χ3v) is 4.83. The molecular weight excluding hydrogens is 310 g/mol. The SMILES string of the molecule is COc1ccc(C(=O)O[C@@H]2C[C@@H](C)CC[C@H]2C(C)C)cc1[N+](=O)[O-]. The van der Waals surface area contributed by atoms with Crippen molar-refractivity contribution in [2.75, 3.05) is 7.11 Å². The number of methoxy groups -OCH3 is 1. The molecule has 1 aliphatic carbocycles. The normalized spacial score (nSPS) is 23.8. The molecule has 0 aromatic heterocycles. The van der Waals surface area contributed by atoms with E-state index in [4.69, 9.17) is 9.47 Å². The van der Waals surface area contributed by atoms with E-state index < -0.39 is 10.9 Å². The van der Waals surface area contributed by atoms with Crippen LogP contribution in [-0.4, -0.2) is 24.1 Å². The molecule has 0 saturated heterocycles. The van der Waals surface area contributed by atoms with Gasteiger partial charge in [-0.15, -0.1) is 0 Å². The van der Waals surface area contributed by atoms with Gasteiger partial charge in [0, 0.05) is 6.07 Å². The van der Waals surface area contributed by atoms with Crippen molar-refractivity contribution in [2.45, 2.75) is 46.1 Å². The first-order valence-electron chi connectivity index (χ1n) is 8.36. The Bertz CT molecular complexity index is 613. The van der Waals surface area contributed by atoms with E-state index in [0.29, 0.717) is 17.8 Å². The molecule has 0 N–H and O–H groups in total. The highest BCUT2D eigenvalue weighted by molar-refractivity contribution is 5.90. The third kappa shape index (κ3) is 4.04. The van der Waals surface area contributed by atoms with Gasteiger partial charge in [0.15, 0.2) is 5.75 Å². The average Bonchev–Trinajstić information content (AvgIpc) is 2.53. The van der Waals surface area contributed by atoms with Crippen LogP contribution in [0.2, 0.25) is 0 Å². The van der Waals surface area contributed by atoms with Gasteiger partial charge in [0.1, 0.15) is 6.10 Å². The Morgan fingerprint density at radius 1 is 1.33 bits per heavy atom. The minimum atomic E-state index is -0.560. The van der Waals surface area contributed by atoms with Crippen molar-refractivity contribution in [1.82, 2.24) is 0 Å². The standard InChI is InChI=1S/C18H25NO5/c1-11(2)14-7-5-12(3)9-17(14)24-18(20)13-6-8-16(23-4)15(10-13)19(21)22/h6,8,10-12,14,17H,5,7,9H2,1-4H3/t12-,14-,17+/m0/s1. The van der Waals surface area contributed by atoms with Crippen LogP contribution >= 0.6 is 0 Å². The molecule has 24 heavy (non-hydrogen) atoms. The second-order valence-corrected chi connectivity index (χ2v) is 6.91. The van der Waals surface area contributed by atoms with E-state index in [2.05, 4.69) is 20.8 Å². The molecule has 132 valence electrons. The van der Waals surface area contributed by atoms with Crippen molar-refractivity contribution in [1.29, 1.82) is 0 Å². The van der Waals surface area contributed by atoms with Crippen LogP contribution in [0, 0.1) is 27.9 Å². The average molecular weight is 335 g/mol. The molecule has 3 atom stereocenters. The summed E-state index contributed by atoms with van der Waals surface area (Å²) < 4.78 is 10.7. The molecule has 0 amide bonds. The molecule has 1 aliphatic rings. The van der Waals surface area contributed by atoms with Gasteiger partial charge in [-0.25, -0.2) is 4.79 Å². The highest BCUT2D eigenvalue weighted by atomic mass is 16.6. The molecular formula is C18H25NO5. The van der Waals surface area contributed by atoms with Crippen molar-refractivity contribution in [3.05, 3.63) is 33.9 Å². The number of hydrogen-bond acceptors (Lipinski definition) is 5. The first kappa shape index (κ1) is 18.2. The molecule has 0 radical (unpaired) electrons. The number of hydrogen-bond donors (Lipinski definition) is 0. The summed E-state index contributed by atoms with van der Waals surface area (Å²) in [5.41, 5.74) is -0.0485. The summed E-state index contributed by atoms with van der Waals surface area (Å²) in [5.74, 6) is 0.898. The molecule has 1 fully saturated rings. The molecule has 0 heterocycles. The van der Waals surface area contributed by atoms with Gasteiger partial charge in [0.25, 0.3) is 0 Å². The first-order valence-corrected chi connectivity index (χ1v) is 8.36. The lowest BCUT2D eigenvalue weighted by molar-refractivity contribution is -0.385. The van der Waals surface area contributed by atoms with Crippen LogP contribution in [0.3, 0.4) is 0 Å². The minimum absolute atomic E-state index is 0.128. The fourth-order valence-electron chi connectivity index (χ4n) is 3.42. The van der Waals surface area contributed by atoms with Gasteiger partial charge in [-0.2, -0.15) is 0 Å². The first-order chi connectivity index (χ1) is 11.3. The molecule has 1 aromatic carbocycles. The molecule has 1 saturated carbocycles. The van der Waals surface area contributed by atoms with E-state index in [0.717, 1.165) is 19.3 Å². The zero-order valence-electron chi connectivity index (χ0n) is 14.7. The van der Waals surface area contributed by atoms with Gasteiger partial charge in [-0.3, -0.25) is 10.1 Å². The predicted molar refractivity (Wildman–Crippen MR) is 90.2 cm³/mol. The molecule has 2 rings (SSSR count). The summed E-state index contributed by atoms with van der Waals surface area (Å²) in [6.07, 6.45) is 2.89. The molecule has 0 spiro atoms. The van der Waals surface area contributed by atoms with Gasteiger partial charge in [-0.05, 0) is 42.7 Å². The van der Waals surface area contributed by atoms with E-state index in [1.807, 2.05) is 0 Å². The number of esters is 1. The van der Waals surface area contributed by atoms with E-state index >= 15 is 0 Å². The Hall–Kier alpha value is -2.11. The lowest BCUT2D eigenvalue weighted by atomic mass is 9.75. The Morgan fingerprint density at radius 3 is 2.62 bits per heavy atom. The fraction of sp³-hybridized carbons (Fsp3) is 0.611. The maximum atomic E-state index is 12.5. The van der Waals surface area contributed by atoms with Crippen LogP contribution in [-0.2, 0) is 4.74 Å². The van der Waals surface area contributed by atoms with Gasteiger partial charge in [0.2, 0.25) is 0 Å². The highest BCUT2D eigenvalue weighted by Crippen LogP contribution is 2.36. The maximum Gasteiger partial charge on any atom is 0.338 e. The number of carbonyl (C=O) groups excluding carboxylic acids is 1. The lowest BCUT2D eigenvalue weighted by Crippen LogP contribution is -2.35.